The second-order valence-corrected chi connectivity index (χ2v) is 5.67. The van der Waals surface area contributed by atoms with Crippen LogP contribution in [-0.2, 0) is 16.1 Å². The van der Waals surface area contributed by atoms with Crippen molar-refractivity contribution in [1.82, 2.24) is 4.90 Å². The summed E-state index contributed by atoms with van der Waals surface area (Å²) in [5, 5.41) is 9.35. The molecule has 6 heteroatoms. The molecule has 1 N–H and O–H groups in total. The van der Waals surface area contributed by atoms with Crippen LogP contribution in [0.1, 0.15) is 25.3 Å². The second-order valence-electron chi connectivity index (χ2n) is 4.75. The monoisotopic (exact) mass is 341 g/mol. The van der Waals surface area contributed by atoms with E-state index in [9.17, 15) is 14.7 Å². The number of amides is 1. The zero-order valence-electron chi connectivity index (χ0n) is 11.1. The standard InChI is InChI=1S/C14H16BrNO4/c1-2-4-11-12(13(17)18)16(14(19)20-11)8-9-5-3-6-10(15)7-9/h3,5-7,11-12H,2,4,8H2,1H3,(H,17,18)/t11-,12+/m0/s1. The summed E-state index contributed by atoms with van der Waals surface area (Å²) in [6, 6.07) is 6.52. The molecule has 2 atom stereocenters. The van der Waals surface area contributed by atoms with Gasteiger partial charge >= 0.3 is 12.1 Å². The number of carboxylic acid groups (broad SMARTS) is 1. The van der Waals surface area contributed by atoms with Crippen LogP contribution in [0.2, 0.25) is 0 Å². The fourth-order valence-corrected chi connectivity index (χ4v) is 2.81. The molecule has 1 aliphatic heterocycles. The maximum Gasteiger partial charge on any atom is 0.411 e. The zero-order valence-corrected chi connectivity index (χ0v) is 12.7. The van der Waals surface area contributed by atoms with Crippen molar-refractivity contribution in [3.05, 3.63) is 34.3 Å². The predicted octanol–water partition coefficient (Wildman–Crippen LogP) is 3.02. The number of hydrogen-bond donors (Lipinski definition) is 1. The normalized spacial score (nSPS) is 21.9. The summed E-state index contributed by atoms with van der Waals surface area (Å²) in [5.41, 5.74) is 0.861. The lowest BCUT2D eigenvalue weighted by atomic mass is 10.1. The van der Waals surface area contributed by atoms with Crippen LogP contribution in [0.5, 0.6) is 0 Å². The SMILES string of the molecule is CCC[C@@H]1OC(=O)N(Cc2cccc(Br)c2)[C@H]1C(=O)O. The first-order chi connectivity index (χ1) is 9.52. The van der Waals surface area contributed by atoms with Crippen LogP contribution in [0.3, 0.4) is 0 Å². The van der Waals surface area contributed by atoms with Gasteiger partial charge < -0.3 is 9.84 Å². The molecule has 1 aliphatic rings. The maximum absolute atomic E-state index is 11.9. The van der Waals surface area contributed by atoms with Gasteiger partial charge in [-0.25, -0.2) is 9.59 Å². The van der Waals surface area contributed by atoms with E-state index in [0.29, 0.717) is 6.42 Å². The second kappa shape index (κ2) is 6.26. The summed E-state index contributed by atoms with van der Waals surface area (Å²) in [6.07, 6.45) is 0.192. The molecule has 0 unspecified atom stereocenters. The molecule has 1 amide bonds. The molecule has 5 nitrogen and oxygen atoms in total. The number of rotatable bonds is 5. The number of carbonyl (C=O) groups excluding carboxylic acids is 1. The van der Waals surface area contributed by atoms with E-state index in [4.69, 9.17) is 4.74 Å². The lowest BCUT2D eigenvalue weighted by Crippen LogP contribution is -2.42. The minimum absolute atomic E-state index is 0.232. The molecule has 0 saturated carbocycles. The third-order valence-electron chi connectivity index (χ3n) is 3.24. The highest BCUT2D eigenvalue weighted by Crippen LogP contribution is 2.26. The van der Waals surface area contributed by atoms with Crippen molar-refractivity contribution in [3.63, 3.8) is 0 Å². The van der Waals surface area contributed by atoms with Crippen LogP contribution >= 0.6 is 15.9 Å². The van der Waals surface area contributed by atoms with Crippen molar-refractivity contribution in [2.45, 2.75) is 38.5 Å². The number of carboxylic acids is 1. The first-order valence-electron chi connectivity index (χ1n) is 6.47. The van der Waals surface area contributed by atoms with E-state index in [0.717, 1.165) is 16.5 Å². The van der Waals surface area contributed by atoms with Gasteiger partial charge in [0.25, 0.3) is 0 Å². The molecule has 0 bridgehead atoms. The van der Waals surface area contributed by atoms with E-state index < -0.39 is 24.2 Å². The number of aliphatic carboxylic acids is 1. The highest BCUT2D eigenvalue weighted by molar-refractivity contribution is 9.10. The van der Waals surface area contributed by atoms with E-state index in [1.807, 2.05) is 31.2 Å². The quantitative estimate of drug-likeness (QED) is 0.893. The summed E-state index contributed by atoms with van der Waals surface area (Å²) >= 11 is 3.36. The van der Waals surface area contributed by atoms with Crippen LogP contribution < -0.4 is 0 Å². The van der Waals surface area contributed by atoms with Crippen LogP contribution in [0.25, 0.3) is 0 Å². The number of halogens is 1. The number of nitrogens with zero attached hydrogens (tertiary/aromatic N) is 1. The molecule has 2 rings (SSSR count). The summed E-state index contributed by atoms with van der Waals surface area (Å²) in [6.45, 7) is 2.17. The lowest BCUT2D eigenvalue weighted by molar-refractivity contribution is -0.143. The molecule has 0 spiro atoms. The minimum atomic E-state index is -1.02. The number of ether oxygens (including phenoxy) is 1. The number of carbonyl (C=O) groups is 2. The van der Waals surface area contributed by atoms with Gasteiger partial charge in [0.2, 0.25) is 0 Å². The van der Waals surface area contributed by atoms with Crippen LogP contribution in [0.15, 0.2) is 28.7 Å². The Hall–Kier alpha value is -1.56. The molecule has 1 aromatic rings. The van der Waals surface area contributed by atoms with Crippen LogP contribution in [-0.4, -0.2) is 34.2 Å². The molecule has 20 heavy (non-hydrogen) atoms. The third-order valence-corrected chi connectivity index (χ3v) is 3.74. The summed E-state index contributed by atoms with van der Waals surface area (Å²) < 4.78 is 6.07. The maximum atomic E-state index is 11.9. The summed E-state index contributed by atoms with van der Waals surface area (Å²) in [7, 11) is 0. The molecule has 1 aromatic carbocycles. The van der Waals surface area contributed by atoms with E-state index in [-0.39, 0.29) is 6.54 Å². The van der Waals surface area contributed by atoms with Crippen molar-refractivity contribution in [1.29, 1.82) is 0 Å². The first-order valence-corrected chi connectivity index (χ1v) is 7.26. The molecule has 108 valence electrons. The van der Waals surface area contributed by atoms with Gasteiger partial charge in [0.1, 0.15) is 6.10 Å². The predicted molar refractivity (Wildman–Crippen MR) is 76.3 cm³/mol. The number of cyclic esters (lactones) is 1. The Morgan fingerprint density at radius 2 is 2.25 bits per heavy atom. The van der Waals surface area contributed by atoms with Gasteiger partial charge in [0.15, 0.2) is 6.04 Å². The largest absolute Gasteiger partial charge is 0.480 e. The number of hydrogen-bond acceptors (Lipinski definition) is 3. The van der Waals surface area contributed by atoms with Crippen LogP contribution in [0.4, 0.5) is 4.79 Å². The molecule has 0 aliphatic carbocycles. The van der Waals surface area contributed by atoms with E-state index in [2.05, 4.69) is 15.9 Å². The molecule has 1 heterocycles. The topological polar surface area (TPSA) is 66.8 Å². The molecule has 0 radical (unpaired) electrons. The Morgan fingerprint density at radius 1 is 1.50 bits per heavy atom. The van der Waals surface area contributed by atoms with Gasteiger partial charge in [-0.05, 0) is 24.1 Å². The Balaban J connectivity index is 2.20. The van der Waals surface area contributed by atoms with Gasteiger partial charge in [0.05, 0.1) is 6.54 Å². The van der Waals surface area contributed by atoms with E-state index in [1.54, 1.807) is 0 Å². The Bertz CT molecular complexity index is 520. The molecular formula is C14H16BrNO4. The molecule has 1 fully saturated rings. The lowest BCUT2D eigenvalue weighted by Gasteiger charge is -2.20. The van der Waals surface area contributed by atoms with Crippen LogP contribution in [0, 0.1) is 0 Å². The van der Waals surface area contributed by atoms with Gasteiger partial charge in [-0.3, -0.25) is 4.90 Å². The zero-order chi connectivity index (χ0) is 14.7. The minimum Gasteiger partial charge on any atom is -0.480 e. The van der Waals surface area contributed by atoms with Crippen molar-refractivity contribution in [2.75, 3.05) is 0 Å². The summed E-state index contributed by atoms with van der Waals surface area (Å²) in [5.74, 6) is -1.02. The van der Waals surface area contributed by atoms with Crippen molar-refractivity contribution < 1.29 is 19.4 Å². The van der Waals surface area contributed by atoms with Crippen molar-refractivity contribution in [3.8, 4) is 0 Å². The number of benzene rings is 1. The fourth-order valence-electron chi connectivity index (χ4n) is 2.36. The Morgan fingerprint density at radius 3 is 2.85 bits per heavy atom. The first kappa shape index (κ1) is 14.8. The van der Waals surface area contributed by atoms with Crippen molar-refractivity contribution >= 4 is 28.0 Å². The highest BCUT2D eigenvalue weighted by atomic mass is 79.9. The average molecular weight is 342 g/mol. The average Bonchev–Trinajstić information content (AvgIpc) is 2.66. The van der Waals surface area contributed by atoms with Crippen molar-refractivity contribution in [2.24, 2.45) is 0 Å². The summed E-state index contributed by atoms with van der Waals surface area (Å²) in [4.78, 5) is 24.6. The highest BCUT2D eigenvalue weighted by Gasteiger charge is 2.45. The van der Waals surface area contributed by atoms with Gasteiger partial charge in [-0.2, -0.15) is 0 Å². The third kappa shape index (κ3) is 3.12. The van der Waals surface area contributed by atoms with E-state index in [1.165, 1.54) is 4.90 Å². The molecule has 0 aromatic heterocycles. The van der Waals surface area contributed by atoms with Gasteiger partial charge in [-0.1, -0.05) is 41.4 Å². The molecular weight excluding hydrogens is 326 g/mol. The van der Waals surface area contributed by atoms with E-state index >= 15 is 0 Å². The Kier molecular flexibility index (Phi) is 4.65. The Labute approximate surface area is 125 Å². The van der Waals surface area contributed by atoms with Gasteiger partial charge in [0, 0.05) is 4.47 Å². The fraction of sp³-hybridized carbons (Fsp3) is 0.429. The van der Waals surface area contributed by atoms with Gasteiger partial charge in [-0.15, -0.1) is 0 Å². The molecule has 1 saturated heterocycles. The smallest absolute Gasteiger partial charge is 0.411 e.